The van der Waals surface area contributed by atoms with E-state index < -0.39 is 7.92 Å². The van der Waals surface area contributed by atoms with E-state index in [2.05, 4.69) is 146 Å². The van der Waals surface area contributed by atoms with Crippen molar-refractivity contribution in [3.05, 3.63) is 182 Å². The van der Waals surface area contributed by atoms with E-state index in [1.54, 1.807) is 6.08 Å². The molecular formula is C39H33HfP-2. The van der Waals surface area contributed by atoms with Gasteiger partial charge >= 0.3 is 0 Å². The fraction of sp³-hybridized carbons (Fsp3) is 0.0513. The fourth-order valence-electron chi connectivity index (χ4n) is 5.00. The second kappa shape index (κ2) is 15.5. The monoisotopic (exact) mass is 712 g/mol. The molecule has 0 aliphatic heterocycles. The Morgan fingerprint density at radius 1 is 0.732 bits per heavy atom. The van der Waals surface area contributed by atoms with Crippen LogP contribution in [0.15, 0.2) is 164 Å². The van der Waals surface area contributed by atoms with Crippen molar-refractivity contribution in [2.75, 3.05) is 0 Å². The Kier molecular flexibility index (Phi) is 11.5. The molecule has 0 saturated carbocycles. The molecule has 0 N–H and O–H groups in total. The number of benzene rings is 5. The Balaban J connectivity index is 0.000000173. The predicted molar refractivity (Wildman–Crippen MR) is 177 cm³/mol. The molecule has 41 heavy (non-hydrogen) atoms. The predicted octanol–water partition coefficient (Wildman–Crippen LogP) is 9.12. The average Bonchev–Trinajstić information content (AvgIpc) is 3.61. The zero-order valence-electron chi connectivity index (χ0n) is 23.4. The normalized spacial score (nSPS) is 11.0. The summed E-state index contributed by atoms with van der Waals surface area (Å²) in [5.41, 5.74) is 5.51. The molecule has 0 atom stereocenters. The first-order valence-corrected chi connectivity index (χ1v) is 15.0. The summed E-state index contributed by atoms with van der Waals surface area (Å²) >= 11 is 0. The van der Waals surface area contributed by atoms with Crippen LogP contribution in [0.4, 0.5) is 0 Å². The van der Waals surface area contributed by atoms with Gasteiger partial charge in [-0.3, -0.25) is 0 Å². The molecule has 200 valence electrons. The van der Waals surface area contributed by atoms with Gasteiger partial charge in [0, 0.05) is 25.8 Å². The van der Waals surface area contributed by atoms with Crippen LogP contribution in [0.2, 0.25) is 0 Å². The van der Waals surface area contributed by atoms with E-state index in [0.717, 1.165) is 6.42 Å². The minimum Gasteiger partial charge on any atom is -0.179 e. The van der Waals surface area contributed by atoms with Gasteiger partial charge in [0.15, 0.2) is 0 Å². The van der Waals surface area contributed by atoms with Gasteiger partial charge < -0.3 is 0 Å². The van der Waals surface area contributed by atoms with E-state index in [0.29, 0.717) is 0 Å². The molecule has 6 aromatic rings. The molecule has 0 saturated heterocycles. The molecule has 1 aliphatic carbocycles. The molecule has 0 heterocycles. The van der Waals surface area contributed by atoms with Crippen LogP contribution in [0.25, 0.3) is 21.9 Å². The standard InChI is InChI=1S/C21H16P.C13H9.C5H8.Hf/c1-3-11-19(12-4-1)22(20-13-5-2-6-14-20)21-15-17-9-7-8-10-18(17)16-21;1-3-7-12-10(5-1)9-11-6-2-4-8-13(11)12;1-3-5-4-2;/h1-16H;1-5,7-8H,9H2;3-5H,1H2,2H3;/q2*-1;;. The van der Waals surface area contributed by atoms with E-state index >= 15 is 0 Å². The van der Waals surface area contributed by atoms with E-state index in [1.807, 2.05) is 25.1 Å². The van der Waals surface area contributed by atoms with Crippen molar-refractivity contribution in [2.24, 2.45) is 0 Å². The minimum absolute atomic E-state index is 0. The van der Waals surface area contributed by atoms with Crippen molar-refractivity contribution in [3.8, 4) is 11.1 Å². The van der Waals surface area contributed by atoms with Crippen LogP contribution in [-0.2, 0) is 32.3 Å². The van der Waals surface area contributed by atoms with E-state index in [1.165, 1.54) is 48.9 Å². The average molecular weight is 711 g/mol. The van der Waals surface area contributed by atoms with Gasteiger partial charge in [-0.15, -0.1) is 45.9 Å². The van der Waals surface area contributed by atoms with Crippen LogP contribution in [0, 0.1) is 6.07 Å². The maximum absolute atomic E-state index is 3.46. The Morgan fingerprint density at radius 3 is 1.98 bits per heavy atom. The molecule has 7 rings (SSSR count). The Bertz CT molecular complexity index is 1580. The van der Waals surface area contributed by atoms with Crippen molar-refractivity contribution in [3.63, 3.8) is 0 Å². The van der Waals surface area contributed by atoms with Gasteiger partial charge in [-0.05, 0) is 31.9 Å². The molecule has 0 nitrogen and oxygen atoms in total. The summed E-state index contributed by atoms with van der Waals surface area (Å²) in [6.45, 7) is 5.42. The largest absolute Gasteiger partial charge is 0.179 e. The summed E-state index contributed by atoms with van der Waals surface area (Å²) in [5.74, 6) is 0. The van der Waals surface area contributed by atoms with Crippen LogP contribution in [0.1, 0.15) is 18.1 Å². The van der Waals surface area contributed by atoms with E-state index in [4.69, 9.17) is 0 Å². The summed E-state index contributed by atoms with van der Waals surface area (Å²) in [5, 5.41) is 6.89. The number of hydrogen-bond donors (Lipinski definition) is 0. The van der Waals surface area contributed by atoms with Crippen LogP contribution in [0.5, 0.6) is 0 Å². The van der Waals surface area contributed by atoms with Crippen LogP contribution in [-0.4, -0.2) is 0 Å². The maximum atomic E-state index is 3.46. The van der Waals surface area contributed by atoms with Crippen molar-refractivity contribution < 1.29 is 25.8 Å². The van der Waals surface area contributed by atoms with Gasteiger partial charge in [-0.2, -0.15) is 35.9 Å². The molecule has 6 aromatic carbocycles. The van der Waals surface area contributed by atoms with Crippen molar-refractivity contribution in [1.29, 1.82) is 0 Å². The zero-order valence-corrected chi connectivity index (χ0v) is 27.9. The zero-order chi connectivity index (χ0) is 27.6. The quantitative estimate of drug-likeness (QED) is 0.0740. The van der Waals surface area contributed by atoms with Crippen molar-refractivity contribution in [2.45, 2.75) is 13.3 Å². The molecule has 1 aliphatic rings. The second-order valence-corrected chi connectivity index (χ2v) is 11.7. The molecule has 0 spiro atoms. The molecule has 0 aromatic heterocycles. The Hall–Kier alpha value is -3.51. The van der Waals surface area contributed by atoms with E-state index in [-0.39, 0.29) is 25.8 Å². The van der Waals surface area contributed by atoms with Crippen molar-refractivity contribution >= 4 is 34.6 Å². The summed E-state index contributed by atoms with van der Waals surface area (Å²) in [7, 11) is -0.493. The Morgan fingerprint density at radius 2 is 1.34 bits per heavy atom. The molecule has 0 unspecified atom stereocenters. The Labute approximate surface area is 265 Å². The summed E-state index contributed by atoms with van der Waals surface area (Å²) < 4.78 is 0. The fourth-order valence-corrected chi connectivity index (χ4v) is 7.37. The van der Waals surface area contributed by atoms with Gasteiger partial charge in [-0.25, -0.2) is 0 Å². The third kappa shape index (κ3) is 7.62. The molecular weight excluding hydrogens is 678 g/mol. The van der Waals surface area contributed by atoms with Gasteiger partial charge in [0.1, 0.15) is 0 Å². The second-order valence-electron chi connectivity index (χ2n) is 9.51. The number of hydrogen-bond acceptors (Lipinski definition) is 0. The minimum atomic E-state index is -0.493. The van der Waals surface area contributed by atoms with Gasteiger partial charge in [0.25, 0.3) is 0 Å². The molecule has 2 heteroatoms. The summed E-state index contributed by atoms with van der Waals surface area (Å²) in [6.07, 6.45) is 6.62. The van der Waals surface area contributed by atoms with Gasteiger partial charge in [0.2, 0.25) is 0 Å². The third-order valence-corrected chi connectivity index (χ3v) is 9.24. The van der Waals surface area contributed by atoms with Crippen LogP contribution in [0.3, 0.4) is 0 Å². The molecule has 0 bridgehead atoms. The number of rotatable bonds is 4. The first-order chi connectivity index (χ1) is 19.8. The summed E-state index contributed by atoms with van der Waals surface area (Å²) in [4.78, 5) is 0. The first kappa shape index (κ1) is 30.4. The summed E-state index contributed by atoms with van der Waals surface area (Å²) in [6, 6.07) is 53.1. The number of fused-ring (bicyclic) bond motifs is 4. The first-order valence-electron chi connectivity index (χ1n) is 13.7. The van der Waals surface area contributed by atoms with Crippen LogP contribution < -0.4 is 15.9 Å². The van der Waals surface area contributed by atoms with Gasteiger partial charge in [-0.1, -0.05) is 127 Å². The smallest absolute Gasteiger partial charge is 0 e. The topological polar surface area (TPSA) is 0 Å². The van der Waals surface area contributed by atoms with Crippen molar-refractivity contribution in [1.82, 2.24) is 0 Å². The molecule has 0 fully saturated rings. The number of allylic oxidation sites excluding steroid dienone is 3. The molecule has 0 amide bonds. The van der Waals surface area contributed by atoms with E-state index in [9.17, 15) is 0 Å². The maximum Gasteiger partial charge on any atom is 0 e. The third-order valence-electron chi connectivity index (χ3n) is 6.83. The van der Waals surface area contributed by atoms with Crippen LogP contribution >= 0.6 is 7.92 Å². The SMILES string of the molecule is C=CC=CC.[Hf].[c-]1cccc2c1Cc1ccccc1-2.c1ccc(P(c2ccccc2)c2cc3ccccc3[cH-]2)cc1. The molecule has 0 radical (unpaired) electrons. The van der Waals surface area contributed by atoms with Gasteiger partial charge in [0.05, 0.1) is 0 Å².